The number of nitrogens with zero attached hydrogens (tertiary/aromatic N) is 1. The first kappa shape index (κ1) is 3.82. The Morgan fingerprint density at radius 3 is 3.33 bits per heavy atom. The van der Waals surface area contributed by atoms with E-state index in [0.29, 0.717) is 0 Å². The van der Waals surface area contributed by atoms with Crippen LogP contribution in [-0.4, -0.2) is 12.0 Å². The second-order valence-electron chi connectivity index (χ2n) is 1.45. The molecular weight excluding hydrogens is 119 g/mol. The molecule has 0 saturated carbocycles. The van der Waals surface area contributed by atoms with Gasteiger partial charge >= 0.3 is 0 Å². The number of hydrogen-bond acceptors (Lipinski definition) is 2. The lowest BCUT2D eigenvalue weighted by Gasteiger charge is -1.94. The molecule has 0 fully saturated rings. The Hall–Kier alpha value is -1.12. The zero-order valence-electron chi connectivity index (χ0n) is 6.90. The lowest BCUT2D eigenvalue weighted by Crippen LogP contribution is -1.92. The van der Waals surface area contributed by atoms with E-state index >= 15 is 0 Å². The molecule has 0 spiro atoms. The van der Waals surface area contributed by atoms with E-state index < -0.39 is 5.95 Å². The highest BCUT2D eigenvalue weighted by Crippen LogP contribution is 2.00. The van der Waals surface area contributed by atoms with Gasteiger partial charge < -0.3 is 5.32 Å². The van der Waals surface area contributed by atoms with Crippen molar-refractivity contribution in [3.05, 3.63) is 24.1 Å². The molecule has 1 aromatic heterocycles. The zero-order valence-corrected chi connectivity index (χ0v) is 4.90. The van der Waals surface area contributed by atoms with Crippen LogP contribution in [0.1, 0.15) is 2.74 Å². The molecule has 2 nitrogen and oxygen atoms in total. The number of pyridine rings is 1. The Morgan fingerprint density at radius 2 is 2.67 bits per heavy atom. The molecule has 0 aliphatic carbocycles. The summed E-state index contributed by atoms with van der Waals surface area (Å²) >= 11 is 0. The molecule has 1 heterocycles. The minimum atomic E-state index is -0.740. The molecule has 1 rings (SSSR count). The summed E-state index contributed by atoms with van der Waals surface area (Å²) < 4.78 is 26.8. The Balaban J connectivity index is 3.24. The van der Waals surface area contributed by atoms with Crippen LogP contribution in [-0.2, 0) is 0 Å². The van der Waals surface area contributed by atoms with Crippen LogP contribution in [0.3, 0.4) is 0 Å². The number of halogens is 1. The second-order valence-corrected chi connectivity index (χ2v) is 1.45. The molecule has 3 heteroatoms. The average Bonchev–Trinajstić information content (AvgIpc) is 1.96. The fourth-order valence-electron chi connectivity index (χ4n) is 0.449. The van der Waals surface area contributed by atoms with Gasteiger partial charge in [-0.05, 0) is 12.1 Å². The standard InChI is InChI=1S/C6H7FN2/c1-8-6-4-2-3-5(7)9-6/h2-4H,1H3,(H,8,9)/i2D,4D. The average molecular weight is 128 g/mol. The van der Waals surface area contributed by atoms with Crippen molar-refractivity contribution in [3.8, 4) is 0 Å². The summed E-state index contributed by atoms with van der Waals surface area (Å²) in [6.07, 6.45) is 0. The summed E-state index contributed by atoms with van der Waals surface area (Å²) in [6.45, 7) is 0. The van der Waals surface area contributed by atoms with Crippen molar-refractivity contribution in [2.24, 2.45) is 0 Å². The predicted octanol–water partition coefficient (Wildman–Crippen LogP) is 1.26. The maximum atomic E-state index is 12.4. The second kappa shape index (κ2) is 2.44. The Bertz CT molecular complexity index is 278. The van der Waals surface area contributed by atoms with E-state index in [2.05, 4.69) is 10.3 Å². The maximum absolute atomic E-state index is 12.4. The highest BCUT2D eigenvalue weighted by Gasteiger charge is 1.89. The molecule has 0 unspecified atom stereocenters. The number of aromatic nitrogens is 1. The molecular formula is C6H7FN2. The van der Waals surface area contributed by atoms with Gasteiger partial charge in [-0.1, -0.05) is 6.04 Å². The lowest BCUT2D eigenvalue weighted by molar-refractivity contribution is 0.585. The summed E-state index contributed by atoms with van der Waals surface area (Å²) in [5.74, 6) is -0.648. The normalized spacial score (nSPS) is 12.2. The number of nitrogens with one attached hydrogen (secondary N) is 1. The summed E-state index contributed by atoms with van der Waals surface area (Å²) in [5.41, 5.74) is 0. The van der Waals surface area contributed by atoms with Crippen molar-refractivity contribution in [2.75, 3.05) is 12.4 Å². The van der Waals surface area contributed by atoms with E-state index in [0.717, 1.165) is 6.07 Å². The molecule has 0 saturated heterocycles. The number of anilines is 1. The van der Waals surface area contributed by atoms with Crippen LogP contribution < -0.4 is 5.32 Å². The molecule has 0 aliphatic rings. The molecule has 0 amide bonds. The first-order valence-corrected chi connectivity index (χ1v) is 2.46. The molecule has 9 heavy (non-hydrogen) atoms. The van der Waals surface area contributed by atoms with Crippen LogP contribution in [0.2, 0.25) is 0 Å². The van der Waals surface area contributed by atoms with Crippen LogP contribution in [0.15, 0.2) is 18.2 Å². The first-order chi connectivity index (χ1) is 5.15. The van der Waals surface area contributed by atoms with Crippen molar-refractivity contribution < 1.29 is 7.13 Å². The quantitative estimate of drug-likeness (QED) is 0.576. The highest BCUT2D eigenvalue weighted by molar-refractivity contribution is 5.31. The van der Waals surface area contributed by atoms with Gasteiger partial charge in [-0.2, -0.15) is 4.39 Å². The van der Waals surface area contributed by atoms with Gasteiger partial charge in [0, 0.05) is 7.05 Å². The van der Waals surface area contributed by atoms with Crippen molar-refractivity contribution in [2.45, 2.75) is 0 Å². The number of hydrogen-bond donors (Lipinski definition) is 1. The predicted molar refractivity (Wildman–Crippen MR) is 33.7 cm³/mol. The molecule has 0 bridgehead atoms. The van der Waals surface area contributed by atoms with Crippen LogP contribution in [0.25, 0.3) is 0 Å². The maximum Gasteiger partial charge on any atom is 0.214 e. The van der Waals surface area contributed by atoms with Gasteiger partial charge in [-0.3, -0.25) is 0 Å². The van der Waals surface area contributed by atoms with Crippen molar-refractivity contribution in [3.63, 3.8) is 0 Å². The van der Waals surface area contributed by atoms with E-state index in [4.69, 9.17) is 2.74 Å². The van der Waals surface area contributed by atoms with Crippen LogP contribution >= 0.6 is 0 Å². The number of rotatable bonds is 1. The van der Waals surface area contributed by atoms with Gasteiger partial charge in [0.1, 0.15) is 5.82 Å². The Labute approximate surface area is 55.5 Å². The molecule has 0 radical (unpaired) electrons. The van der Waals surface area contributed by atoms with Crippen molar-refractivity contribution >= 4 is 5.82 Å². The van der Waals surface area contributed by atoms with Gasteiger partial charge in [-0.25, -0.2) is 4.98 Å². The van der Waals surface area contributed by atoms with Gasteiger partial charge in [-0.15, -0.1) is 0 Å². The molecule has 48 valence electrons. The fraction of sp³-hybridized carbons (Fsp3) is 0.167. The minimum Gasteiger partial charge on any atom is -0.373 e. The zero-order chi connectivity index (χ0) is 8.43. The highest BCUT2D eigenvalue weighted by atomic mass is 19.1. The van der Waals surface area contributed by atoms with Crippen molar-refractivity contribution in [1.82, 2.24) is 4.98 Å². The third kappa shape index (κ3) is 1.38. The summed E-state index contributed by atoms with van der Waals surface area (Å²) in [4.78, 5) is 3.37. The summed E-state index contributed by atoms with van der Waals surface area (Å²) in [6, 6.07) is 0.652. The smallest absolute Gasteiger partial charge is 0.214 e. The van der Waals surface area contributed by atoms with Gasteiger partial charge in [0.15, 0.2) is 0 Å². The van der Waals surface area contributed by atoms with Crippen LogP contribution in [0, 0.1) is 5.95 Å². The van der Waals surface area contributed by atoms with Crippen LogP contribution in [0.5, 0.6) is 0 Å². The molecule has 1 aromatic rings. The van der Waals surface area contributed by atoms with Crippen molar-refractivity contribution in [1.29, 1.82) is 0 Å². The molecule has 1 N–H and O–H groups in total. The SMILES string of the molecule is [2H]c1cc(F)nc(NC)c1[2H]. The first-order valence-electron chi connectivity index (χ1n) is 3.46. The topological polar surface area (TPSA) is 24.9 Å². The Kier molecular flexibility index (Phi) is 1.03. The largest absolute Gasteiger partial charge is 0.373 e. The van der Waals surface area contributed by atoms with Gasteiger partial charge in [0.25, 0.3) is 0 Å². The minimum absolute atomic E-state index is 0.0890. The molecule has 0 atom stereocenters. The fourth-order valence-corrected chi connectivity index (χ4v) is 0.449. The molecule has 0 aliphatic heterocycles. The van der Waals surface area contributed by atoms with E-state index in [1.54, 1.807) is 0 Å². The van der Waals surface area contributed by atoms with Gasteiger partial charge in [0.2, 0.25) is 5.95 Å². The van der Waals surface area contributed by atoms with E-state index in [-0.39, 0.29) is 17.9 Å². The van der Waals surface area contributed by atoms with E-state index in [1.807, 2.05) is 0 Å². The summed E-state index contributed by atoms with van der Waals surface area (Å²) in [5, 5.41) is 2.52. The lowest BCUT2D eigenvalue weighted by atomic mass is 10.5. The van der Waals surface area contributed by atoms with Gasteiger partial charge in [0.05, 0.1) is 2.74 Å². The monoisotopic (exact) mass is 128 g/mol. The third-order valence-corrected chi connectivity index (χ3v) is 0.837. The third-order valence-electron chi connectivity index (χ3n) is 0.837. The van der Waals surface area contributed by atoms with E-state index in [9.17, 15) is 4.39 Å². The van der Waals surface area contributed by atoms with Crippen LogP contribution in [0.4, 0.5) is 10.2 Å². The molecule has 0 aromatic carbocycles. The summed E-state index contributed by atoms with van der Waals surface area (Å²) in [7, 11) is 1.53. The Morgan fingerprint density at radius 1 is 1.89 bits per heavy atom. The van der Waals surface area contributed by atoms with E-state index in [1.165, 1.54) is 7.05 Å².